The summed E-state index contributed by atoms with van der Waals surface area (Å²) in [5, 5.41) is 19.1. The van der Waals surface area contributed by atoms with Crippen LogP contribution in [-0.4, -0.2) is 29.9 Å². The van der Waals surface area contributed by atoms with Gasteiger partial charge in [-0.1, -0.05) is 6.07 Å². The van der Waals surface area contributed by atoms with Gasteiger partial charge in [0.25, 0.3) is 0 Å². The lowest BCUT2D eigenvalue weighted by Crippen LogP contribution is -2.05. The Morgan fingerprint density at radius 3 is 2.83 bits per heavy atom. The number of phenolic OH excluding ortho intramolecular Hbond substituents is 1. The average molecular weight is 250 g/mol. The van der Waals surface area contributed by atoms with Crippen LogP contribution in [0.15, 0.2) is 29.5 Å². The summed E-state index contributed by atoms with van der Waals surface area (Å²) in [7, 11) is 1.45. The molecule has 96 valence electrons. The van der Waals surface area contributed by atoms with E-state index in [1.165, 1.54) is 20.1 Å². The van der Waals surface area contributed by atoms with Crippen LogP contribution in [0.5, 0.6) is 11.5 Å². The number of aliphatic hydroxyl groups is 1. The van der Waals surface area contributed by atoms with Crippen molar-refractivity contribution in [3.8, 4) is 11.5 Å². The highest BCUT2D eigenvalue weighted by Crippen LogP contribution is 2.36. The van der Waals surface area contributed by atoms with E-state index < -0.39 is 5.97 Å². The van der Waals surface area contributed by atoms with Crippen LogP contribution in [-0.2, 0) is 9.53 Å². The molecule has 18 heavy (non-hydrogen) atoms. The lowest BCUT2D eigenvalue weighted by atomic mass is 9.92. The molecule has 0 saturated carbocycles. The van der Waals surface area contributed by atoms with Gasteiger partial charge in [0.2, 0.25) is 0 Å². The number of hydrogen-bond acceptors (Lipinski definition) is 5. The number of cyclic esters (lactones) is 1. The molecule has 1 atom stereocenters. The fraction of sp³-hybridized carbons (Fsp3) is 0.308. The Kier molecular flexibility index (Phi) is 3.14. The number of esters is 1. The standard InChI is InChI=1S/C13H14O5/c1-7(14)12-9(6-18-13(12)16)8-3-4-10(15)11(5-8)17-2/h3-5,9,14-15H,6H2,1-2H3/b12-7+. The van der Waals surface area contributed by atoms with E-state index in [-0.39, 0.29) is 29.6 Å². The highest BCUT2D eigenvalue weighted by Gasteiger charge is 2.34. The second kappa shape index (κ2) is 4.60. The number of aromatic hydroxyl groups is 1. The summed E-state index contributed by atoms with van der Waals surface area (Å²) in [6.45, 7) is 1.63. The normalized spacial score (nSPS) is 21.7. The molecule has 0 aromatic heterocycles. The van der Waals surface area contributed by atoms with Gasteiger partial charge >= 0.3 is 5.97 Å². The Bertz CT molecular complexity index is 514. The predicted octanol–water partition coefficient (Wildman–Crippen LogP) is 1.87. The minimum atomic E-state index is -0.507. The SMILES string of the molecule is COc1cc(C2COC(=O)/C2=C(\C)O)ccc1O. The minimum absolute atomic E-state index is 0.0257. The predicted molar refractivity (Wildman–Crippen MR) is 63.7 cm³/mol. The van der Waals surface area contributed by atoms with E-state index in [1.807, 2.05) is 0 Å². The van der Waals surface area contributed by atoms with Gasteiger partial charge in [-0.3, -0.25) is 0 Å². The summed E-state index contributed by atoms with van der Waals surface area (Å²) in [6.07, 6.45) is 0. The highest BCUT2D eigenvalue weighted by atomic mass is 16.5. The number of benzene rings is 1. The molecular weight excluding hydrogens is 236 g/mol. The van der Waals surface area contributed by atoms with Gasteiger partial charge in [-0.15, -0.1) is 0 Å². The van der Waals surface area contributed by atoms with Crippen LogP contribution in [0, 0.1) is 0 Å². The van der Waals surface area contributed by atoms with E-state index in [1.54, 1.807) is 12.1 Å². The Labute approximate surface area is 104 Å². The van der Waals surface area contributed by atoms with Crippen molar-refractivity contribution >= 4 is 5.97 Å². The van der Waals surface area contributed by atoms with Crippen molar-refractivity contribution in [2.75, 3.05) is 13.7 Å². The molecule has 0 aliphatic carbocycles. The molecule has 0 spiro atoms. The summed E-state index contributed by atoms with van der Waals surface area (Å²) < 4.78 is 9.95. The maximum absolute atomic E-state index is 11.5. The van der Waals surface area contributed by atoms with Crippen molar-refractivity contribution in [2.45, 2.75) is 12.8 Å². The second-order valence-electron chi connectivity index (χ2n) is 4.08. The van der Waals surface area contributed by atoms with Crippen molar-refractivity contribution in [2.24, 2.45) is 0 Å². The molecule has 1 fully saturated rings. The van der Waals surface area contributed by atoms with Gasteiger partial charge in [0.1, 0.15) is 12.4 Å². The maximum atomic E-state index is 11.5. The first-order chi connectivity index (χ1) is 8.54. The van der Waals surface area contributed by atoms with E-state index in [0.717, 1.165) is 5.56 Å². The van der Waals surface area contributed by atoms with Gasteiger partial charge in [-0.25, -0.2) is 4.79 Å². The molecular formula is C13H14O5. The van der Waals surface area contributed by atoms with Gasteiger partial charge in [0, 0.05) is 0 Å². The molecule has 0 amide bonds. The third-order valence-corrected chi connectivity index (χ3v) is 2.95. The van der Waals surface area contributed by atoms with Gasteiger partial charge in [0.15, 0.2) is 11.5 Å². The van der Waals surface area contributed by atoms with Gasteiger partial charge in [0.05, 0.1) is 18.6 Å². The Morgan fingerprint density at radius 2 is 2.22 bits per heavy atom. The summed E-state index contributed by atoms with van der Waals surface area (Å²) in [5.74, 6) is -0.543. The van der Waals surface area contributed by atoms with Gasteiger partial charge < -0.3 is 19.7 Å². The first kappa shape index (κ1) is 12.3. The number of rotatable bonds is 2. The van der Waals surface area contributed by atoms with Crippen LogP contribution in [0.25, 0.3) is 0 Å². The molecule has 5 nitrogen and oxygen atoms in total. The fourth-order valence-corrected chi connectivity index (χ4v) is 2.04. The fourth-order valence-electron chi connectivity index (χ4n) is 2.04. The molecule has 1 unspecified atom stereocenters. The van der Waals surface area contributed by atoms with Crippen molar-refractivity contribution in [1.82, 2.24) is 0 Å². The molecule has 0 radical (unpaired) electrons. The molecule has 1 aliphatic heterocycles. The topological polar surface area (TPSA) is 76.0 Å². The molecule has 2 rings (SSSR count). The van der Waals surface area contributed by atoms with E-state index >= 15 is 0 Å². The van der Waals surface area contributed by atoms with Crippen LogP contribution < -0.4 is 4.74 Å². The first-order valence-electron chi connectivity index (χ1n) is 5.48. The second-order valence-corrected chi connectivity index (χ2v) is 4.08. The number of carbonyl (C=O) groups is 1. The van der Waals surface area contributed by atoms with E-state index in [0.29, 0.717) is 5.75 Å². The number of ether oxygens (including phenoxy) is 2. The van der Waals surface area contributed by atoms with E-state index in [2.05, 4.69) is 0 Å². The number of phenols is 1. The molecule has 1 aromatic carbocycles. The van der Waals surface area contributed by atoms with Crippen LogP contribution in [0.4, 0.5) is 0 Å². The zero-order valence-electron chi connectivity index (χ0n) is 10.1. The third kappa shape index (κ3) is 1.99. The highest BCUT2D eigenvalue weighted by molar-refractivity contribution is 5.93. The zero-order valence-corrected chi connectivity index (χ0v) is 10.1. The van der Waals surface area contributed by atoms with Gasteiger partial charge in [-0.2, -0.15) is 0 Å². The van der Waals surface area contributed by atoms with Gasteiger partial charge in [-0.05, 0) is 24.6 Å². The smallest absolute Gasteiger partial charge is 0.338 e. The number of allylic oxidation sites excluding steroid dienone is 1. The van der Waals surface area contributed by atoms with E-state index in [9.17, 15) is 15.0 Å². The Morgan fingerprint density at radius 1 is 1.50 bits per heavy atom. The number of hydrogen-bond donors (Lipinski definition) is 2. The average Bonchev–Trinajstić information content (AvgIpc) is 2.72. The maximum Gasteiger partial charge on any atom is 0.338 e. The number of methoxy groups -OCH3 is 1. The summed E-state index contributed by atoms with van der Waals surface area (Å²) >= 11 is 0. The molecule has 0 bridgehead atoms. The summed E-state index contributed by atoms with van der Waals surface area (Å²) in [5.41, 5.74) is 1.00. The monoisotopic (exact) mass is 250 g/mol. The largest absolute Gasteiger partial charge is 0.512 e. The lowest BCUT2D eigenvalue weighted by molar-refractivity contribution is -0.135. The molecule has 2 N–H and O–H groups in total. The Hall–Kier alpha value is -2.17. The molecule has 1 saturated heterocycles. The van der Waals surface area contributed by atoms with Crippen LogP contribution >= 0.6 is 0 Å². The van der Waals surface area contributed by atoms with Crippen molar-refractivity contribution in [3.63, 3.8) is 0 Å². The summed E-state index contributed by atoms with van der Waals surface area (Å²) in [6, 6.07) is 4.79. The number of aliphatic hydroxyl groups excluding tert-OH is 1. The molecule has 5 heteroatoms. The lowest BCUT2D eigenvalue weighted by Gasteiger charge is -2.11. The Balaban J connectivity index is 2.43. The summed E-state index contributed by atoms with van der Waals surface area (Å²) in [4.78, 5) is 11.5. The molecule has 1 aliphatic rings. The first-order valence-corrected chi connectivity index (χ1v) is 5.48. The van der Waals surface area contributed by atoms with E-state index in [4.69, 9.17) is 9.47 Å². The molecule has 1 heterocycles. The third-order valence-electron chi connectivity index (χ3n) is 2.95. The van der Waals surface area contributed by atoms with Crippen LogP contribution in [0.3, 0.4) is 0 Å². The molecule has 1 aromatic rings. The number of carbonyl (C=O) groups excluding carboxylic acids is 1. The van der Waals surface area contributed by atoms with Crippen molar-refractivity contribution < 1.29 is 24.5 Å². The van der Waals surface area contributed by atoms with Crippen LogP contribution in [0.2, 0.25) is 0 Å². The quantitative estimate of drug-likeness (QED) is 0.476. The van der Waals surface area contributed by atoms with Crippen molar-refractivity contribution in [1.29, 1.82) is 0 Å². The zero-order chi connectivity index (χ0) is 13.3. The van der Waals surface area contributed by atoms with Crippen LogP contribution in [0.1, 0.15) is 18.4 Å². The van der Waals surface area contributed by atoms with Crippen molar-refractivity contribution in [3.05, 3.63) is 35.1 Å². The minimum Gasteiger partial charge on any atom is -0.512 e.